The second kappa shape index (κ2) is 6.56. The largest absolute Gasteiger partial charge is 0.469 e. The molecule has 4 fully saturated rings. The summed E-state index contributed by atoms with van der Waals surface area (Å²) in [6.07, 6.45) is 10.3. The summed E-state index contributed by atoms with van der Waals surface area (Å²) in [5, 5.41) is 0. The number of rotatable bonds is 3. The molecule has 26 heavy (non-hydrogen) atoms. The highest BCUT2D eigenvalue weighted by Gasteiger charge is 2.60. The normalized spacial score (nSPS) is 51.4. The van der Waals surface area contributed by atoms with E-state index in [4.69, 9.17) is 9.26 Å². The molecule has 6 heteroatoms. The van der Waals surface area contributed by atoms with E-state index in [0.717, 1.165) is 37.0 Å². The van der Waals surface area contributed by atoms with Crippen molar-refractivity contribution < 1.29 is 23.6 Å². The summed E-state index contributed by atoms with van der Waals surface area (Å²) in [5.41, 5.74) is 0.657. The topological polar surface area (TPSA) is 76.0 Å². The number of hydrogen-bond donors (Lipinski definition) is 2. The minimum absolute atomic E-state index is 0.274. The molecule has 0 unspecified atom stereocenters. The molecule has 4 aliphatic carbocycles. The standard InChI is InChI=1S/C20H35O5P/c1-19-10-8-14(25-26(21,22)23)12-13(19)4-5-15-16-6-7-18(24-3)20(16,2)11-9-17(15)19/h13-18H,4-12H2,1-3H3,(H2,21,22,23)/t13-,14-,15+,16+,17+,18+,19+,20+/m1/s1. The van der Waals surface area contributed by atoms with Gasteiger partial charge in [-0.25, -0.2) is 4.57 Å². The fraction of sp³-hybridized carbons (Fsp3) is 1.00. The smallest absolute Gasteiger partial charge is 0.381 e. The molecule has 150 valence electrons. The van der Waals surface area contributed by atoms with Crippen LogP contribution in [0.5, 0.6) is 0 Å². The second-order valence-corrected chi connectivity index (χ2v) is 11.2. The van der Waals surface area contributed by atoms with Gasteiger partial charge in [-0.2, -0.15) is 0 Å². The van der Waals surface area contributed by atoms with E-state index in [1.54, 1.807) is 0 Å². The first-order valence-corrected chi connectivity index (χ1v) is 12.0. The maximum absolute atomic E-state index is 11.2. The average molecular weight is 386 g/mol. The summed E-state index contributed by atoms with van der Waals surface area (Å²) in [6, 6.07) is 0. The molecule has 0 heterocycles. The zero-order chi connectivity index (χ0) is 18.7. The third-order valence-electron chi connectivity index (χ3n) is 9.10. The van der Waals surface area contributed by atoms with Gasteiger partial charge in [-0.1, -0.05) is 13.8 Å². The molecule has 0 aliphatic heterocycles. The second-order valence-electron chi connectivity index (χ2n) is 10.00. The van der Waals surface area contributed by atoms with E-state index in [0.29, 0.717) is 22.9 Å². The van der Waals surface area contributed by atoms with Crippen LogP contribution in [0.15, 0.2) is 0 Å². The molecule has 4 rings (SSSR count). The average Bonchev–Trinajstić information content (AvgIpc) is 2.90. The Morgan fingerprint density at radius 1 is 0.923 bits per heavy atom. The summed E-state index contributed by atoms with van der Waals surface area (Å²) in [7, 11) is -2.50. The summed E-state index contributed by atoms with van der Waals surface area (Å²) >= 11 is 0. The molecular weight excluding hydrogens is 351 g/mol. The highest BCUT2D eigenvalue weighted by Crippen LogP contribution is 2.66. The Morgan fingerprint density at radius 3 is 2.31 bits per heavy atom. The van der Waals surface area contributed by atoms with E-state index in [9.17, 15) is 14.4 Å². The first-order chi connectivity index (χ1) is 12.2. The van der Waals surface area contributed by atoms with Gasteiger partial charge in [0, 0.05) is 7.11 Å². The molecule has 0 radical (unpaired) electrons. The lowest BCUT2D eigenvalue weighted by molar-refractivity contribution is -0.136. The number of fused-ring (bicyclic) bond motifs is 5. The van der Waals surface area contributed by atoms with Crippen molar-refractivity contribution in [2.45, 2.75) is 83.8 Å². The summed E-state index contributed by atoms with van der Waals surface area (Å²) in [6.45, 7) is 4.93. The van der Waals surface area contributed by atoms with Crippen LogP contribution >= 0.6 is 7.82 Å². The van der Waals surface area contributed by atoms with E-state index < -0.39 is 7.82 Å². The number of hydrogen-bond acceptors (Lipinski definition) is 3. The molecule has 2 N–H and O–H groups in total. The van der Waals surface area contributed by atoms with Crippen molar-refractivity contribution in [3.05, 3.63) is 0 Å². The number of phosphoric ester groups is 1. The van der Waals surface area contributed by atoms with Crippen LogP contribution in [0, 0.1) is 34.5 Å². The number of ether oxygens (including phenoxy) is 1. The van der Waals surface area contributed by atoms with Gasteiger partial charge in [-0.15, -0.1) is 0 Å². The molecular formula is C20H35O5P. The van der Waals surface area contributed by atoms with Crippen LogP contribution in [-0.4, -0.2) is 29.1 Å². The minimum Gasteiger partial charge on any atom is -0.381 e. The van der Waals surface area contributed by atoms with Gasteiger partial charge >= 0.3 is 7.82 Å². The van der Waals surface area contributed by atoms with Crippen molar-refractivity contribution in [3.63, 3.8) is 0 Å². The summed E-state index contributed by atoms with van der Waals surface area (Å²) in [5.74, 6) is 2.88. The SMILES string of the molecule is CO[C@H]1CC[C@H]2[C@@H]3CC[C@@H]4C[C@H](OP(=O)(O)O)CC[C@]4(C)[C@H]3CC[C@]12C. The highest BCUT2D eigenvalue weighted by molar-refractivity contribution is 7.46. The molecule has 0 aromatic carbocycles. The van der Waals surface area contributed by atoms with Gasteiger partial charge in [-0.3, -0.25) is 4.52 Å². The number of methoxy groups -OCH3 is 1. The molecule has 0 spiro atoms. The zero-order valence-corrected chi connectivity index (χ0v) is 17.3. The van der Waals surface area contributed by atoms with Crippen LogP contribution in [0.2, 0.25) is 0 Å². The van der Waals surface area contributed by atoms with E-state index >= 15 is 0 Å². The molecule has 0 bridgehead atoms. The Hall–Kier alpha value is 0.0700. The van der Waals surface area contributed by atoms with Crippen molar-refractivity contribution >= 4 is 7.82 Å². The van der Waals surface area contributed by atoms with Gasteiger partial charge < -0.3 is 14.5 Å². The van der Waals surface area contributed by atoms with Crippen LogP contribution < -0.4 is 0 Å². The third kappa shape index (κ3) is 3.03. The Balaban J connectivity index is 1.51. The molecule has 4 aliphatic rings. The van der Waals surface area contributed by atoms with Gasteiger partial charge in [0.25, 0.3) is 0 Å². The van der Waals surface area contributed by atoms with Gasteiger partial charge in [0.1, 0.15) is 0 Å². The van der Waals surface area contributed by atoms with Crippen molar-refractivity contribution in [3.8, 4) is 0 Å². The first-order valence-electron chi connectivity index (χ1n) is 10.4. The van der Waals surface area contributed by atoms with E-state index in [2.05, 4.69) is 13.8 Å². The molecule has 0 saturated heterocycles. The monoisotopic (exact) mass is 386 g/mol. The van der Waals surface area contributed by atoms with Crippen LogP contribution in [-0.2, 0) is 13.8 Å². The minimum atomic E-state index is -4.38. The molecule has 8 atom stereocenters. The van der Waals surface area contributed by atoms with Gasteiger partial charge in [0.05, 0.1) is 12.2 Å². The summed E-state index contributed by atoms with van der Waals surface area (Å²) in [4.78, 5) is 18.3. The van der Waals surface area contributed by atoms with E-state index in [-0.39, 0.29) is 6.10 Å². The lowest BCUT2D eigenvalue weighted by Crippen LogP contribution is -2.54. The fourth-order valence-electron chi connectivity index (χ4n) is 7.85. The fourth-order valence-corrected chi connectivity index (χ4v) is 8.43. The van der Waals surface area contributed by atoms with Gasteiger partial charge in [-0.05, 0) is 92.3 Å². The predicted octanol–water partition coefficient (Wildman–Crippen LogP) is 4.52. The predicted molar refractivity (Wildman–Crippen MR) is 99.4 cm³/mol. The van der Waals surface area contributed by atoms with Crippen molar-refractivity contribution in [1.29, 1.82) is 0 Å². The Morgan fingerprint density at radius 2 is 1.62 bits per heavy atom. The van der Waals surface area contributed by atoms with Crippen LogP contribution in [0.1, 0.15) is 71.6 Å². The van der Waals surface area contributed by atoms with Crippen LogP contribution in [0.25, 0.3) is 0 Å². The highest BCUT2D eigenvalue weighted by atomic mass is 31.2. The molecule has 0 amide bonds. The van der Waals surface area contributed by atoms with Crippen LogP contribution in [0.4, 0.5) is 0 Å². The van der Waals surface area contributed by atoms with E-state index in [1.165, 1.54) is 38.5 Å². The maximum Gasteiger partial charge on any atom is 0.469 e. The van der Waals surface area contributed by atoms with E-state index in [1.807, 2.05) is 7.11 Å². The van der Waals surface area contributed by atoms with Crippen molar-refractivity contribution in [2.75, 3.05) is 7.11 Å². The third-order valence-corrected chi connectivity index (χ3v) is 9.67. The van der Waals surface area contributed by atoms with Gasteiger partial charge in [0.15, 0.2) is 0 Å². The number of phosphoric acid groups is 1. The van der Waals surface area contributed by atoms with Crippen LogP contribution in [0.3, 0.4) is 0 Å². The molecule has 5 nitrogen and oxygen atoms in total. The van der Waals surface area contributed by atoms with Gasteiger partial charge in [0.2, 0.25) is 0 Å². The maximum atomic E-state index is 11.2. The Labute approximate surface area is 157 Å². The molecule has 4 saturated carbocycles. The van der Waals surface area contributed by atoms with Crippen molar-refractivity contribution in [2.24, 2.45) is 34.5 Å². The Bertz CT molecular complexity index is 591. The molecule has 0 aromatic rings. The van der Waals surface area contributed by atoms with Crippen molar-refractivity contribution in [1.82, 2.24) is 0 Å². The lowest BCUT2D eigenvalue weighted by atomic mass is 9.45. The first kappa shape index (κ1) is 19.4. The zero-order valence-electron chi connectivity index (χ0n) is 16.4. The Kier molecular flexibility index (Phi) is 4.89. The quantitative estimate of drug-likeness (QED) is 0.698. The summed E-state index contributed by atoms with van der Waals surface area (Å²) < 4.78 is 22.2. The molecule has 0 aromatic heterocycles. The lowest BCUT2D eigenvalue weighted by Gasteiger charge is -2.61.